The standard InChI is InChI=1S/C29H27N3O4/c1-19-26(16-17-27(33)36-3)20(2)32(31-19)25-14-12-22(13-15-25)29(35)30-24-11-7-10-23(18-24)28(34)21-8-5-4-6-9-21/h4-15,18H,16-17H2,1-3H3,(H,30,35). The van der Waals surface area contributed by atoms with Gasteiger partial charge in [0, 0.05) is 34.5 Å². The van der Waals surface area contributed by atoms with Crippen LogP contribution in [0.5, 0.6) is 0 Å². The van der Waals surface area contributed by atoms with E-state index in [2.05, 4.69) is 10.4 Å². The summed E-state index contributed by atoms with van der Waals surface area (Å²) < 4.78 is 6.55. The summed E-state index contributed by atoms with van der Waals surface area (Å²) in [7, 11) is 1.38. The van der Waals surface area contributed by atoms with E-state index in [1.807, 2.05) is 48.9 Å². The molecule has 7 nitrogen and oxygen atoms in total. The number of anilines is 1. The number of aryl methyl sites for hydroxylation is 1. The van der Waals surface area contributed by atoms with Gasteiger partial charge in [-0.15, -0.1) is 0 Å². The maximum atomic E-state index is 12.9. The van der Waals surface area contributed by atoms with Gasteiger partial charge in [-0.05, 0) is 62.2 Å². The summed E-state index contributed by atoms with van der Waals surface area (Å²) in [4.78, 5) is 37.1. The van der Waals surface area contributed by atoms with E-state index in [0.29, 0.717) is 35.2 Å². The molecular weight excluding hydrogens is 454 g/mol. The number of aromatic nitrogens is 2. The number of carbonyl (C=O) groups is 3. The van der Waals surface area contributed by atoms with Crippen LogP contribution in [0.3, 0.4) is 0 Å². The van der Waals surface area contributed by atoms with Crippen molar-refractivity contribution in [1.29, 1.82) is 0 Å². The Morgan fingerprint density at radius 1 is 0.861 bits per heavy atom. The third-order valence-electron chi connectivity index (χ3n) is 6.04. The van der Waals surface area contributed by atoms with Crippen molar-refractivity contribution >= 4 is 23.3 Å². The zero-order chi connectivity index (χ0) is 25.7. The van der Waals surface area contributed by atoms with Crippen molar-refractivity contribution in [3.8, 4) is 5.69 Å². The fourth-order valence-electron chi connectivity index (χ4n) is 4.07. The van der Waals surface area contributed by atoms with E-state index in [1.165, 1.54) is 7.11 Å². The first-order chi connectivity index (χ1) is 17.4. The molecule has 0 fully saturated rings. The molecule has 0 aliphatic carbocycles. The second-order valence-corrected chi connectivity index (χ2v) is 8.41. The quantitative estimate of drug-likeness (QED) is 0.280. The average Bonchev–Trinajstić information content (AvgIpc) is 3.20. The minimum absolute atomic E-state index is 0.105. The smallest absolute Gasteiger partial charge is 0.305 e. The summed E-state index contributed by atoms with van der Waals surface area (Å²) in [6, 6.07) is 23.0. The van der Waals surface area contributed by atoms with Gasteiger partial charge in [-0.25, -0.2) is 4.68 Å². The van der Waals surface area contributed by atoms with E-state index < -0.39 is 0 Å². The van der Waals surface area contributed by atoms with Crippen LogP contribution in [0.4, 0.5) is 5.69 Å². The van der Waals surface area contributed by atoms with Crippen molar-refractivity contribution in [1.82, 2.24) is 9.78 Å². The molecule has 0 unspecified atom stereocenters. The van der Waals surface area contributed by atoms with E-state index >= 15 is 0 Å². The van der Waals surface area contributed by atoms with E-state index in [9.17, 15) is 14.4 Å². The number of hydrogen-bond donors (Lipinski definition) is 1. The summed E-state index contributed by atoms with van der Waals surface area (Å²) in [6.07, 6.45) is 0.845. The molecule has 0 aliphatic rings. The monoisotopic (exact) mass is 481 g/mol. The molecule has 1 heterocycles. The highest BCUT2D eigenvalue weighted by atomic mass is 16.5. The van der Waals surface area contributed by atoms with Gasteiger partial charge in [0.05, 0.1) is 18.5 Å². The molecule has 0 saturated heterocycles. The number of amides is 1. The Kier molecular flexibility index (Phi) is 7.39. The Bertz CT molecular complexity index is 1410. The molecule has 4 aromatic rings. The lowest BCUT2D eigenvalue weighted by atomic mass is 10.0. The second kappa shape index (κ2) is 10.8. The Hall–Kier alpha value is -4.52. The zero-order valence-electron chi connectivity index (χ0n) is 20.4. The normalized spacial score (nSPS) is 10.6. The second-order valence-electron chi connectivity index (χ2n) is 8.41. The Morgan fingerprint density at radius 3 is 2.25 bits per heavy atom. The first kappa shape index (κ1) is 24.6. The van der Waals surface area contributed by atoms with Crippen LogP contribution in [0, 0.1) is 13.8 Å². The molecule has 1 amide bonds. The van der Waals surface area contributed by atoms with Crippen LogP contribution in [-0.2, 0) is 16.0 Å². The largest absolute Gasteiger partial charge is 0.469 e. The molecule has 0 atom stereocenters. The fraction of sp³-hybridized carbons (Fsp3) is 0.172. The number of esters is 1. The number of methoxy groups -OCH3 is 1. The maximum Gasteiger partial charge on any atom is 0.305 e. The third-order valence-corrected chi connectivity index (χ3v) is 6.04. The van der Waals surface area contributed by atoms with Crippen LogP contribution in [-0.4, -0.2) is 34.6 Å². The fourth-order valence-corrected chi connectivity index (χ4v) is 4.07. The van der Waals surface area contributed by atoms with Gasteiger partial charge in [0.15, 0.2) is 5.78 Å². The Labute approximate surface area is 209 Å². The molecule has 0 radical (unpaired) electrons. The van der Waals surface area contributed by atoms with Gasteiger partial charge in [0.25, 0.3) is 5.91 Å². The molecule has 36 heavy (non-hydrogen) atoms. The predicted molar refractivity (Wildman–Crippen MR) is 138 cm³/mol. The topological polar surface area (TPSA) is 90.3 Å². The number of rotatable bonds is 8. The Morgan fingerprint density at radius 2 is 1.56 bits per heavy atom. The molecule has 4 rings (SSSR count). The minimum atomic E-state index is -0.280. The highest BCUT2D eigenvalue weighted by Gasteiger charge is 2.15. The van der Waals surface area contributed by atoms with Crippen molar-refractivity contribution in [2.45, 2.75) is 26.7 Å². The third kappa shape index (κ3) is 5.41. The van der Waals surface area contributed by atoms with Crippen LogP contribution in [0.1, 0.15) is 49.7 Å². The number of nitrogens with zero attached hydrogens (tertiary/aromatic N) is 2. The number of ether oxygens (including phenoxy) is 1. The number of hydrogen-bond acceptors (Lipinski definition) is 5. The predicted octanol–water partition coefficient (Wildman–Crippen LogP) is 5.08. The number of benzene rings is 3. The van der Waals surface area contributed by atoms with Crippen LogP contribution >= 0.6 is 0 Å². The molecule has 0 bridgehead atoms. The summed E-state index contributed by atoms with van der Waals surface area (Å²) in [6.45, 7) is 3.87. The molecule has 3 aromatic carbocycles. The molecule has 182 valence electrons. The number of carbonyl (C=O) groups excluding carboxylic acids is 3. The average molecular weight is 482 g/mol. The lowest BCUT2D eigenvalue weighted by molar-refractivity contribution is -0.140. The van der Waals surface area contributed by atoms with Gasteiger partial charge in [-0.1, -0.05) is 42.5 Å². The molecule has 1 N–H and O–H groups in total. The van der Waals surface area contributed by atoms with Crippen LogP contribution in [0.15, 0.2) is 78.9 Å². The summed E-state index contributed by atoms with van der Waals surface area (Å²) in [5.41, 5.74) is 5.72. The van der Waals surface area contributed by atoms with Crippen molar-refractivity contribution in [2.75, 3.05) is 12.4 Å². The Balaban J connectivity index is 1.47. The molecular formula is C29H27N3O4. The zero-order valence-corrected chi connectivity index (χ0v) is 20.4. The van der Waals surface area contributed by atoms with Crippen LogP contribution < -0.4 is 5.32 Å². The summed E-state index contributed by atoms with van der Waals surface area (Å²) in [5, 5.41) is 7.47. The highest BCUT2D eigenvalue weighted by Crippen LogP contribution is 2.21. The van der Waals surface area contributed by atoms with Crippen LogP contribution in [0.25, 0.3) is 5.69 Å². The maximum absolute atomic E-state index is 12.9. The number of ketones is 1. The van der Waals surface area contributed by atoms with Crippen molar-refractivity contribution in [2.24, 2.45) is 0 Å². The van der Waals surface area contributed by atoms with Gasteiger partial charge in [0.1, 0.15) is 0 Å². The van der Waals surface area contributed by atoms with Crippen molar-refractivity contribution in [3.63, 3.8) is 0 Å². The lowest BCUT2D eigenvalue weighted by Crippen LogP contribution is -2.13. The van der Waals surface area contributed by atoms with Gasteiger partial charge in [-0.2, -0.15) is 5.10 Å². The molecule has 7 heteroatoms. The SMILES string of the molecule is COC(=O)CCc1c(C)nn(-c2ccc(C(=O)Nc3cccc(C(=O)c4ccccc4)c3)cc2)c1C. The van der Waals surface area contributed by atoms with E-state index in [4.69, 9.17) is 4.74 Å². The first-order valence-electron chi connectivity index (χ1n) is 11.6. The van der Waals surface area contributed by atoms with E-state index in [0.717, 1.165) is 22.6 Å². The van der Waals surface area contributed by atoms with Gasteiger partial charge in [-0.3, -0.25) is 14.4 Å². The summed E-state index contributed by atoms with van der Waals surface area (Å²) >= 11 is 0. The van der Waals surface area contributed by atoms with Gasteiger partial charge in [0.2, 0.25) is 0 Å². The van der Waals surface area contributed by atoms with E-state index in [1.54, 1.807) is 48.5 Å². The lowest BCUT2D eigenvalue weighted by Gasteiger charge is -2.09. The van der Waals surface area contributed by atoms with Crippen molar-refractivity contribution < 1.29 is 19.1 Å². The molecule has 1 aromatic heterocycles. The molecule has 0 spiro atoms. The van der Waals surface area contributed by atoms with Gasteiger partial charge < -0.3 is 10.1 Å². The minimum Gasteiger partial charge on any atom is -0.469 e. The highest BCUT2D eigenvalue weighted by molar-refractivity contribution is 6.10. The summed E-state index contributed by atoms with van der Waals surface area (Å²) in [5.74, 6) is -0.642. The van der Waals surface area contributed by atoms with Crippen molar-refractivity contribution in [3.05, 3.63) is 113 Å². The van der Waals surface area contributed by atoms with Crippen LogP contribution in [0.2, 0.25) is 0 Å². The first-order valence-corrected chi connectivity index (χ1v) is 11.6. The number of nitrogens with one attached hydrogen (secondary N) is 1. The van der Waals surface area contributed by atoms with Gasteiger partial charge >= 0.3 is 5.97 Å². The molecule has 0 saturated carbocycles. The van der Waals surface area contributed by atoms with E-state index in [-0.39, 0.29) is 17.7 Å². The molecule has 0 aliphatic heterocycles.